The van der Waals surface area contributed by atoms with E-state index in [1.54, 1.807) is 6.07 Å². The van der Waals surface area contributed by atoms with Gasteiger partial charge in [-0.25, -0.2) is 0 Å². The summed E-state index contributed by atoms with van der Waals surface area (Å²) < 4.78 is 5.55. The highest BCUT2D eigenvalue weighted by molar-refractivity contribution is 5.56. The van der Waals surface area contributed by atoms with Crippen molar-refractivity contribution in [3.63, 3.8) is 0 Å². The zero-order chi connectivity index (χ0) is 15.3. The predicted octanol–water partition coefficient (Wildman–Crippen LogP) is 4.23. The number of benzene rings is 1. The number of hydrogen-bond donors (Lipinski definition) is 1. The van der Waals surface area contributed by atoms with Crippen LogP contribution in [0.5, 0.6) is 5.75 Å². The van der Waals surface area contributed by atoms with Crippen LogP contribution in [0.25, 0.3) is 0 Å². The van der Waals surface area contributed by atoms with Gasteiger partial charge in [-0.1, -0.05) is 20.8 Å². The van der Waals surface area contributed by atoms with E-state index in [2.05, 4.69) is 26.1 Å². The normalized spacial score (nSPS) is 11.5. The van der Waals surface area contributed by atoms with Gasteiger partial charge in [0.05, 0.1) is 17.1 Å². The molecule has 0 aromatic heterocycles. The average molecular weight is 280 g/mol. The molecule has 0 saturated carbocycles. The van der Waals surface area contributed by atoms with Crippen molar-refractivity contribution < 1.29 is 9.66 Å². The Morgan fingerprint density at radius 1 is 1.30 bits per heavy atom. The maximum Gasteiger partial charge on any atom is 0.275 e. The van der Waals surface area contributed by atoms with Crippen LogP contribution in [0.3, 0.4) is 0 Å². The maximum absolute atomic E-state index is 10.9. The zero-order valence-corrected chi connectivity index (χ0v) is 12.9. The van der Waals surface area contributed by atoms with E-state index in [4.69, 9.17) is 4.74 Å². The maximum atomic E-state index is 10.9. The number of nitro benzene ring substituents is 1. The molecule has 0 spiro atoms. The number of anilines is 1. The molecule has 0 radical (unpaired) electrons. The number of nitrogens with zero attached hydrogens (tertiary/aromatic N) is 1. The summed E-state index contributed by atoms with van der Waals surface area (Å²) in [6.45, 7) is 11.0. The van der Waals surface area contributed by atoms with Crippen LogP contribution < -0.4 is 10.1 Å². The zero-order valence-electron chi connectivity index (χ0n) is 12.9. The van der Waals surface area contributed by atoms with E-state index >= 15 is 0 Å². The molecule has 0 unspecified atom stereocenters. The van der Waals surface area contributed by atoms with Crippen LogP contribution in [-0.4, -0.2) is 17.6 Å². The largest absolute Gasteiger partial charge is 0.491 e. The molecule has 112 valence electrons. The van der Waals surface area contributed by atoms with Gasteiger partial charge in [0.25, 0.3) is 5.69 Å². The molecule has 0 atom stereocenters. The number of rotatable bonds is 6. The number of ether oxygens (including phenoxy) is 1. The monoisotopic (exact) mass is 280 g/mol. The number of non-ortho nitro benzene ring substituents is 1. The van der Waals surface area contributed by atoms with Crippen molar-refractivity contribution >= 4 is 11.4 Å². The lowest BCUT2D eigenvalue weighted by Gasteiger charge is -2.19. The van der Waals surface area contributed by atoms with Gasteiger partial charge in [-0.3, -0.25) is 10.1 Å². The van der Waals surface area contributed by atoms with E-state index in [0.29, 0.717) is 5.75 Å². The Hall–Kier alpha value is -1.78. The summed E-state index contributed by atoms with van der Waals surface area (Å²) in [5, 5.41) is 14.2. The number of hydrogen-bond acceptors (Lipinski definition) is 4. The third-order valence-corrected chi connectivity index (χ3v) is 2.68. The molecule has 1 rings (SSSR count). The molecular weight excluding hydrogens is 256 g/mol. The van der Waals surface area contributed by atoms with E-state index < -0.39 is 4.92 Å². The van der Waals surface area contributed by atoms with Crippen molar-refractivity contribution in [2.24, 2.45) is 5.41 Å². The second kappa shape index (κ2) is 6.59. The van der Waals surface area contributed by atoms with Gasteiger partial charge in [0, 0.05) is 24.4 Å². The van der Waals surface area contributed by atoms with Crippen LogP contribution in [0.4, 0.5) is 11.4 Å². The van der Waals surface area contributed by atoms with Gasteiger partial charge >= 0.3 is 0 Å². The Balaban J connectivity index is 2.83. The molecule has 0 heterocycles. The molecule has 5 heteroatoms. The highest BCUT2D eigenvalue weighted by Crippen LogP contribution is 2.27. The minimum absolute atomic E-state index is 0.0144. The van der Waals surface area contributed by atoms with Crippen LogP contribution in [0, 0.1) is 15.5 Å². The average Bonchev–Trinajstić information content (AvgIpc) is 2.25. The molecule has 0 fully saturated rings. The van der Waals surface area contributed by atoms with Crippen LogP contribution in [-0.2, 0) is 0 Å². The second-order valence-corrected chi connectivity index (χ2v) is 6.38. The number of nitro groups is 1. The van der Waals surface area contributed by atoms with Gasteiger partial charge in [-0.2, -0.15) is 0 Å². The Morgan fingerprint density at radius 2 is 1.95 bits per heavy atom. The van der Waals surface area contributed by atoms with Crippen molar-refractivity contribution in [1.82, 2.24) is 0 Å². The van der Waals surface area contributed by atoms with E-state index in [0.717, 1.165) is 18.7 Å². The van der Waals surface area contributed by atoms with E-state index in [9.17, 15) is 10.1 Å². The van der Waals surface area contributed by atoms with Crippen molar-refractivity contribution in [3.8, 4) is 5.75 Å². The predicted molar refractivity (Wildman–Crippen MR) is 81.4 cm³/mol. The van der Waals surface area contributed by atoms with E-state index in [1.807, 2.05) is 13.8 Å². The molecule has 0 aliphatic rings. The van der Waals surface area contributed by atoms with Crippen LogP contribution in [0.1, 0.15) is 41.0 Å². The molecular formula is C15H24N2O3. The van der Waals surface area contributed by atoms with Gasteiger partial charge in [0.2, 0.25) is 0 Å². The lowest BCUT2D eigenvalue weighted by atomic mass is 9.92. The molecule has 0 bridgehead atoms. The molecule has 20 heavy (non-hydrogen) atoms. The fraction of sp³-hybridized carbons (Fsp3) is 0.600. The standard InChI is InChI=1S/C15H24N2O3/c1-11(2)20-14-9-12(8-13(10-14)17(18)19)16-7-6-15(3,4)5/h8-11,16H,6-7H2,1-5H3. The highest BCUT2D eigenvalue weighted by Gasteiger charge is 2.13. The lowest BCUT2D eigenvalue weighted by Crippen LogP contribution is -2.13. The first-order valence-electron chi connectivity index (χ1n) is 6.87. The van der Waals surface area contributed by atoms with Gasteiger partial charge < -0.3 is 10.1 Å². The Bertz CT molecular complexity index is 465. The molecule has 1 N–H and O–H groups in total. The van der Waals surface area contributed by atoms with Crippen LogP contribution in [0.2, 0.25) is 0 Å². The minimum atomic E-state index is -0.401. The first-order chi connectivity index (χ1) is 9.17. The molecule has 1 aromatic carbocycles. The van der Waals surface area contributed by atoms with Crippen molar-refractivity contribution in [2.45, 2.75) is 47.1 Å². The molecule has 0 amide bonds. The fourth-order valence-corrected chi connectivity index (χ4v) is 1.71. The van der Waals surface area contributed by atoms with Crippen LogP contribution >= 0.6 is 0 Å². The summed E-state index contributed by atoms with van der Waals surface area (Å²) in [4.78, 5) is 10.5. The fourth-order valence-electron chi connectivity index (χ4n) is 1.71. The molecule has 1 aromatic rings. The summed E-state index contributed by atoms with van der Waals surface area (Å²) in [5.41, 5.74) is 0.992. The van der Waals surface area contributed by atoms with Crippen molar-refractivity contribution in [2.75, 3.05) is 11.9 Å². The van der Waals surface area contributed by atoms with Gasteiger partial charge in [0.15, 0.2) is 0 Å². The summed E-state index contributed by atoms with van der Waals surface area (Å²) >= 11 is 0. The van der Waals surface area contributed by atoms with Crippen molar-refractivity contribution in [1.29, 1.82) is 0 Å². The summed E-state index contributed by atoms with van der Waals surface area (Å²) in [7, 11) is 0. The van der Waals surface area contributed by atoms with Crippen molar-refractivity contribution in [3.05, 3.63) is 28.3 Å². The molecule has 0 aliphatic carbocycles. The Morgan fingerprint density at radius 3 is 2.45 bits per heavy atom. The first kappa shape index (κ1) is 16.3. The smallest absolute Gasteiger partial charge is 0.275 e. The third-order valence-electron chi connectivity index (χ3n) is 2.68. The van der Waals surface area contributed by atoms with E-state index in [-0.39, 0.29) is 17.2 Å². The molecule has 5 nitrogen and oxygen atoms in total. The van der Waals surface area contributed by atoms with Gasteiger partial charge in [-0.15, -0.1) is 0 Å². The summed E-state index contributed by atoms with van der Waals surface area (Å²) in [6.07, 6.45) is 0.968. The topological polar surface area (TPSA) is 64.4 Å². The third kappa shape index (κ3) is 5.91. The minimum Gasteiger partial charge on any atom is -0.491 e. The van der Waals surface area contributed by atoms with Crippen LogP contribution in [0.15, 0.2) is 18.2 Å². The van der Waals surface area contributed by atoms with Gasteiger partial charge in [0.1, 0.15) is 5.75 Å². The molecule has 0 saturated heterocycles. The first-order valence-corrected chi connectivity index (χ1v) is 6.87. The number of nitrogens with one attached hydrogen (secondary N) is 1. The van der Waals surface area contributed by atoms with E-state index in [1.165, 1.54) is 12.1 Å². The molecule has 0 aliphatic heterocycles. The SMILES string of the molecule is CC(C)Oc1cc(NCCC(C)(C)C)cc([N+](=O)[O-])c1. The van der Waals surface area contributed by atoms with Gasteiger partial charge in [-0.05, 0) is 25.7 Å². The Kier molecular flexibility index (Phi) is 5.36. The second-order valence-electron chi connectivity index (χ2n) is 6.38. The summed E-state index contributed by atoms with van der Waals surface area (Å²) in [6, 6.07) is 4.79. The lowest BCUT2D eigenvalue weighted by molar-refractivity contribution is -0.384. The Labute approximate surface area is 120 Å². The summed E-state index contributed by atoms with van der Waals surface area (Å²) in [5.74, 6) is 0.521. The quantitative estimate of drug-likeness (QED) is 0.625. The highest BCUT2D eigenvalue weighted by atomic mass is 16.6.